The summed E-state index contributed by atoms with van der Waals surface area (Å²) in [5, 5.41) is -1.07. The Morgan fingerprint density at radius 1 is 0.692 bits per heavy atom. The van der Waals surface area contributed by atoms with E-state index < -0.39 is 20.1 Å². The molecule has 3 aromatic carbocycles. The van der Waals surface area contributed by atoms with Crippen LogP contribution in [0.5, 0.6) is 0 Å². The molecular formula is C18H13ClF5NS. The first-order valence-corrected chi connectivity index (χ1v) is 9.68. The Labute approximate surface area is 151 Å². The maximum Gasteiger partial charge on any atom is 0.311 e. The molecule has 0 bridgehead atoms. The van der Waals surface area contributed by atoms with Crippen LogP contribution in [0.15, 0.2) is 71.6 Å². The molecule has 0 spiro atoms. The second kappa shape index (κ2) is 5.37. The summed E-state index contributed by atoms with van der Waals surface area (Å²) in [6, 6.07) is 15.6. The second-order valence-corrected chi connectivity index (χ2v) is 8.51. The van der Waals surface area contributed by atoms with Crippen LogP contribution < -0.4 is 5.73 Å². The lowest BCUT2D eigenvalue weighted by Gasteiger charge is -2.41. The third-order valence-electron chi connectivity index (χ3n) is 3.81. The lowest BCUT2D eigenvalue weighted by atomic mass is 9.98. The zero-order valence-electron chi connectivity index (χ0n) is 13.1. The number of benzene rings is 3. The van der Waals surface area contributed by atoms with E-state index in [9.17, 15) is 19.4 Å². The Kier molecular flexibility index (Phi) is 3.83. The molecule has 0 saturated heterocycles. The summed E-state index contributed by atoms with van der Waals surface area (Å²) in [6.45, 7) is 0. The van der Waals surface area contributed by atoms with Crippen molar-refractivity contribution in [3.8, 4) is 22.3 Å². The highest BCUT2D eigenvalue weighted by molar-refractivity contribution is 8.45. The molecule has 0 saturated carbocycles. The van der Waals surface area contributed by atoms with Crippen LogP contribution in [-0.2, 0) is 0 Å². The molecule has 0 fully saturated rings. The molecule has 138 valence electrons. The van der Waals surface area contributed by atoms with E-state index in [0.717, 1.165) is 0 Å². The lowest BCUT2D eigenvalue weighted by molar-refractivity contribution is 0.364. The van der Waals surface area contributed by atoms with Gasteiger partial charge in [0.25, 0.3) is 0 Å². The van der Waals surface area contributed by atoms with Gasteiger partial charge in [-0.1, -0.05) is 79.6 Å². The van der Waals surface area contributed by atoms with E-state index in [2.05, 4.69) is 0 Å². The zero-order chi connectivity index (χ0) is 19.2. The van der Waals surface area contributed by atoms with Crippen molar-refractivity contribution in [2.75, 3.05) is 5.73 Å². The Balaban J connectivity index is 2.41. The van der Waals surface area contributed by atoms with Crippen molar-refractivity contribution in [2.24, 2.45) is 0 Å². The number of nitrogen functional groups attached to an aromatic ring is 1. The number of nitrogens with two attached hydrogens (primary N) is 1. The summed E-state index contributed by atoms with van der Waals surface area (Å²) >= 11 is 5.81. The molecule has 0 aromatic heterocycles. The van der Waals surface area contributed by atoms with Crippen LogP contribution in [0.1, 0.15) is 0 Å². The monoisotopic (exact) mass is 405 g/mol. The Hall–Kier alpha value is -2.25. The topological polar surface area (TPSA) is 26.0 Å². The van der Waals surface area contributed by atoms with Gasteiger partial charge < -0.3 is 5.73 Å². The van der Waals surface area contributed by atoms with Crippen LogP contribution in [0.3, 0.4) is 0 Å². The van der Waals surface area contributed by atoms with Crippen molar-refractivity contribution in [1.82, 2.24) is 0 Å². The van der Waals surface area contributed by atoms with Gasteiger partial charge in [-0.2, -0.15) is 0 Å². The Bertz CT molecular complexity index is 989. The minimum absolute atomic E-state index is 0.0310. The van der Waals surface area contributed by atoms with Crippen molar-refractivity contribution >= 4 is 27.5 Å². The molecule has 0 unspecified atom stereocenters. The number of rotatable bonds is 3. The van der Waals surface area contributed by atoms with Gasteiger partial charge in [-0.15, -0.1) is 0 Å². The Morgan fingerprint density at radius 3 is 1.85 bits per heavy atom. The first-order chi connectivity index (χ1) is 11.9. The highest BCUT2D eigenvalue weighted by atomic mass is 35.5. The Morgan fingerprint density at radius 2 is 1.27 bits per heavy atom. The SMILES string of the molecule is Nc1ccccc1-c1cc(-c2ccccc2)cc(S(F)(F)(F)(F)F)c1Cl. The van der Waals surface area contributed by atoms with Crippen molar-refractivity contribution in [1.29, 1.82) is 0 Å². The van der Waals surface area contributed by atoms with Gasteiger partial charge in [0.15, 0.2) is 0 Å². The summed E-state index contributed by atoms with van der Waals surface area (Å²) in [6.07, 6.45) is 0. The van der Waals surface area contributed by atoms with Gasteiger partial charge >= 0.3 is 10.2 Å². The average molecular weight is 406 g/mol. The molecule has 0 heterocycles. The van der Waals surface area contributed by atoms with Gasteiger partial charge in [0.1, 0.15) is 4.90 Å². The molecule has 26 heavy (non-hydrogen) atoms. The maximum atomic E-state index is 13.6. The number of hydrogen-bond donors (Lipinski definition) is 1. The number of hydrogen-bond acceptors (Lipinski definition) is 1. The molecule has 3 aromatic rings. The smallest absolute Gasteiger partial charge is 0.311 e. The first-order valence-electron chi connectivity index (χ1n) is 7.35. The first kappa shape index (κ1) is 18.5. The van der Waals surface area contributed by atoms with Gasteiger partial charge in [-0.3, -0.25) is 0 Å². The van der Waals surface area contributed by atoms with Crippen LogP contribution in [-0.4, -0.2) is 0 Å². The van der Waals surface area contributed by atoms with Crippen LogP contribution in [0, 0.1) is 0 Å². The molecule has 2 N–H and O–H groups in total. The maximum absolute atomic E-state index is 13.6. The van der Waals surface area contributed by atoms with Gasteiger partial charge in [-0.05, 0) is 29.3 Å². The van der Waals surface area contributed by atoms with E-state index in [0.29, 0.717) is 11.6 Å². The summed E-state index contributed by atoms with van der Waals surface area (Å²) in [5.74, 6) is 0. The molecular weight excluding hydrogens is 393 g/mol. The normalized spacial score (nSPS) is 14.5. The van der Waals surface area contributed by atoms with Crippen LogP contribution in [0.4, 0.5) is 25.1 Å². The van der Waals surface area contributed by atoms with Crippen molar-refractivity contribution in [3.05, 3.63) is 71.8 Å². The molecule has 0 atom stereocenters. The quantitative estimate of drug-likeness (QED) is 0.347. The fourth-order valence-corrected chi connectivity index (χ4v) is 4.06. The van der Waals surface area contributed by atoms with E-state index in [-0.39, 0.29) is 22.4 Å². The average Bonchev–Trinajstić information content (AvgIpc) is 2.54. The van der Waals surface area contributed by atoms with Gasteiger partial charge in [0, 0.05) is 16.8 Å². The van der Waals surface area contributed by atoms with Gasteiger partial charge in [0.2, 0.25) is 0 Å². The summed E-state index contributed by atoms with van der Waals surface area (Å²) in [7, 11) is -10.0. The molecule has 0 aliphatic carbocycles. The number of halogens is 6. The van der Waals surface area contributed by atoms with Crippen LogP contribution in [0.2, 0.25) is 5.02 Å². The standard InChI is InChI=1S/C18H13ClF5NS/c19-18-15(14-8-4-5-9-16(14)25)10-13(12-6-2-1-3-7-12)11-17(18)26(20,21,22,23)24/h1-11H,25H2. The van der Waals surface area contributed by atoms with E-state index in [1.54, 1.807) is 24.3 Å². The molecule has 0 radical (unpaired) electrons. The minimum atomic E-state index is -10.0. The van der Waals surface area contributed by atoms with E-state index in [1.165, 1.54) is 36.4 Å². The van der Waals surface area contributed by atoms with Gasteiger partial charge in [-0.25, -0.2) is 0 Å². The third kappa shape index (κ3) is 3.64. The van der Waals surface area contributed by atoms with Crippen LogP contribution in [0.25, 0.3) is 22.3 Å². The molecule has 1 nitrogen and oxygen atoms in total. The summed E-state index contributed by atoms with van der Waals surface area (Å²) in [4.78, 5) is -2.12. The fourth-order valence-electron chi connectivity index (χ4n) is 2.61. The highest BCUT2D eigenvalue weighted by Gasteiger charge is 2.67. The highest BCUT2D eigenvalue weighted by Crippen LogP contribution is 3.03. The molecule has 3 rings (SSSR count). The van der Waals surface area contributed by atoms with Crippen molar-refractivity contribution < 1.29 is 19.4 Å². The second-order valence-electron chi connectivity index (χ2n) is 5.76. The van der Waals surface area contributed by atoms with Crippen molar-refractivity contribution in [3.63, 3.8) is 0 Å². The predicted octanol–water partition coefficient (Wildman–Crippen LogP) is 7.91. The third-order valence-corrected chi connectivity index (χ3v) is 5.49. The molecule has 8 heteroatoms. The van der Waals surface area contributed by atoms with Crippen LogP contribution >= 0.6 is 21.8 Å². The minimum Gasteiger partial charge on any atom is -0.398 e. The summed E-state index contributed by atoms with van der Waals surface area (Å²) in [5.41, 5.74) is 6.22. The number of para-hydroxylation sites is 1. The summed E-state index contributed by atoms with van der Waals surface area (Å²) < 4.78 is 67.9. The predicted molar refractivity (Wildman–Crippen MR) is 98.1 cm³/mol. The van der Waals surface area contributed by atoms with E-state index in [1.807, 2.05) is 0 Å². The molecule has 0 aliphatic rings. The molecule has 0 aliphatic heterocycles. The fraction of sp³-hybridized carbons (Fsp3) is 0. The van der Waals surface area contributed by atoms with Crippen molar-refractivity contribution in [2.45, 2.75) is 4.90 Å². The largest absolute Gasteiger partial charge is 0.398 e. The van der Waals surface area contributed by atoms with Gasteiger partial charge in [0.05, 0.1) is 5.02 Å². The zero-order valence-corrected chi connectivity index (χ0v) is 14.7. The number of anilines is 1. The molecule has 0 amide bonds. The van der Waals surface area contributed by atoms with E-state index >= 15 is 0 Å². The lowest BCUT2D eigenvalue weighted by Crippen LogP contribution is -2.08. The van der Waals surface area contributed by atoms with E-state index in [4.69, 9.17) is 17.3 Å².